The van der Waals surface area contributed by atoms with Crippen LogP contribution >= 0.6 is 0 Å². The topological polar surface area (TPSA) is 73.6 Å². The van der Waals surface area contributed by atoms with E-state index in [2.05, 4.69) is 12.2 Å². The standard InChI is InChI=1S/C19H30N2O3/c1-3-12-23-15-8-10-16(11-9-15)24-18-7-5-4-6-17(18)21-19(22)13-14(2)20/h8-11,14,17-18H,3-7,12-13,20H2,1-2H3,(H,21,22). The number of hydrogen-bond donors (Lipinski definition) is 2. The van der Waals surface area contributed by atoms with Crippen molar-refractivity contribution >= 4 is 5.91 Å². The zero-order valence-electron chi connectivity index (χ0n) is 14.8. The van der Waals surface area contributed by atoms with E-state index in [0.717, 1.165) is 50.2 Å². The number of carbonyl (C=O) groups excluding carboxylic acids is 1. The highest BCUT2D eigenvalue weighted by Crippen LogP contribution is 2.25. The van der Waals surface area contributed by atoms with Gasteiger partial charge in [0.1, 0.15) is 17.6 Å². The largest absolute Gasteiger partial charge is 0.494 e. The first-order valence-electron chi connectivity index (χ1n) is 9.03. The van der Waals surface area contributed by atoms with Crippen LogP contribution in [0.25, 0.3) is 0 Å². The maximum Gasteiger partial charge on any atom is 0.221 e. The van der Waals surface area contributed by atoms with Gasteiger partial charge in [-0.2, -0.15) is 0 Å². The van der Waals surface area contributed by atoms with Gasteiger partial charge in [0.25, 0.3) is 0 Å². The van der Waals surface area contributed by atoms with Crippen LogP contribution in [0.1, 0.15) is 52.4 Å². The average Bonchev–Trinajstić information content (AvgIpc) is 2.55. The molecule has 134 valence electrons. The first kappa shape index (κ1) is 18.6. The molecule has 0 spiro atoms. The Morgan fingerprint density at radius 3 is 2.58 bits per heavy atom. The highest BCUT2D eigenvalue weighted by atomic mass is 16.5. The molecule has 0 saturated heterocycles. The van der Waals surface area contributed by atoms with Crippen LogP contribution in [0.4, 0.5) is 0 Å². The SMILES string of the molecule is CCCOc1ccc(OC2CCCCC2NC(=O)CC(C)N)cc1. The van der Waals surface area contributed by atoms with E-state index in [1.165, 1.54) is 0 Å². The zero-order chi connectivity index (χ0) is 17.4. The van der Waals surface area contributed by atoms with Gasteiger partial charge in [-0.25, -0.2) is 0 Å². The van der Waals surface area contributed by atoms with E-state index >= 15 is 0 Å². The number of amides is 1. The van der Waals surface area contributed by atoms with E-state index in [0.29, 0.717) is 6.42 Å². The maximum absolute atomic E-state index is 12.0. The number of benzene rings is 1. The Bertz CT molecular complexity index is 502. The van der Waals surface area contributed by atoms with E-state index in [9.17, 15) is 4.79 Å². The lowest BCUT2D eigenvalue weighted by atomic mass is 9.92. The van der Waals surface area contributed by atoms with Crippen molar-refractivity contribution in [2.75, 3.05) is 6.61 Å². The van der Waals surface area contributed by atoms with Crippen molar-refractivity contribution < 1.29 is 14.3 Å². The second kappa shape index (κ2) is 9.52. The van der Waals surface area contributed by atoms with Gasteiger partial charge in [0.2, 0.25) is 5.91 Å². The predicted molar refractivity (Wildman–Crippen MR) is 95.3 cm³/mol. The molecule has 1 saturated carbocycles. The van der Waals surface area contributed by atoms with Crippen molar-refractivity contribution in [1.82, 2.24) is 5.32 Å². The molecule has 3 unspecified atom stereocenters. The summed E-state index contributed by atoms with van der Waals surface area (Å²) in [5.41, 5.74) is 5.70. The van der Waals surface area contributed by atoms with Crippen molar-refractivity contribution in [3.05, 3.63) is 24.3 Å². The van der Waals surface area contributed by atoms with Crippen molar-refractivity contribution in [1.29, 1.82) is 0 Å². The van der Waals surface area contributed by atoms with E-state index < -0.39 is 0 Å². The molecule has 0 heterocycles. The number of nitrogens with two attached hydrogens (primary N) is 1. The van der Waals surface area contributed by atoms with Gasteiger partial charge in [-0.05, 0) is 56.9 Å². The van der Waals surface area contributed by atoms with Crippen LogP contribution in [0.15, 0.2) is 24.3 Å². The molecular formula is C19H30N2O3. The van der Waals surface area contributed by atoms with Gasteiger partial charge in [0.05, 0.1) is 12.6 Å². The molecule has 5 nitrogen and oxygen atoms in total. The van der Waals surface area contributed by atoms with Gasteiger partial charge in [-0.3, -0.25) is 4.79 Å². The molecule has 1 aromatic carbocycles. The lowest BCUT2D eigenvalue weighted by Gasteiger charge is -2.32. The molecule has 1 aromatic rings. The molecule has 0 bridgehead atoms. The van der Waals surface area contributed by atoms with Crippen LogP contribution < -0.4 is 20.5 Å². The zero-order valence-corrected chi connectivity index (χ0v) is 14.8. The summed E-state index contributed by atoms with van der Waals surface area (Å²) in [6.45, 7) is 4.65. The minimum absolute atomic E-state index is 0.00816. The summed E-state index contributed by atoms with van der Waals surface area (Å²) in [4.78, 5) is 12.0. The highest BCUT2D eigenvalue weighted by Gasteiger charge is 2.28. The molecule has 1 aliphatic carbocycles. The Kier molecular flexibility index (Phi) is 7.37. The molecule has 5 heteroatoms. The lowest BCUT2D eigenvalue weighted by Crippen LogP contribution is -2.48. The van der Waals surface area contributed by atoms with E-state index in [1.54, 1.807) is 0 Å². The number of rotatable bonds is 8. The van der Waals surface area contributed by atoms with Crippen molar-refractivity contribution in [3.8, 4) is 11.5 Å². The molecule has 1 aliphatic rings. The lowest BCUT2D eigenvalue weighted by molar-refractivity contribution is -0.123. The Balaban J connectivity index is 1.91. The van der Waals surface area contributed by atoms with E-state index in [4.69, 9.17) is 15.2 Å². The highest BCUT2D eigenvalue weighted by molar-refractivity contribution is 5.76. The van der Waals surface area contributed by atoms with Crippen LogP contribution in [0.5, 0.6) is 11.5 Å². The Labute approximate surface area is 144 Å². The summed E-state index contributed by atoms with van der Waals surface area (Å²) < 4.78 is 11.7. The van der Waals surface area contributed by atoms with Gasteiger partial charge in [0.15, 0.2) is 0 Å². The monoisotopic (exact) mass is 334 g/mol. The molecule has 3 atom stereocenters. The molecule has 0 aliphatic heterocycles. The van der Waals surface area contributed by atoms with Crippen molar-refractivity contribution in [2.24, 2.45) is 5.73 Å². The van der Waals surface area contributed by atoms with Crippen LogP contribution in [0, 0.1) is 0 Å². The summed E-state index contributed by atoms with van der Waals surface area (Å²) >= 11 is 0. The minimum atomic E-state index is -0.122. The molecule has 0 aromatic heterocycles. The van der Waals surface area contributed by atoms with Crippen molar-refractivity contribution in [2.45, 2.75) is 70.6 Å². The Morgan fingerprint density at radius 1 is 1.25 bits per heavy atom. The normalized spacial score (nSPS) is 21.8. The fourth-order valence-corrected chi connectivity index (χ4v) is 2.97. The van der Waals surface area contributed by atoms with Crippen LogP contribution in [-0.4, -0.2) is 30.7 Å². The summed E-state index contributed by atoms with van der Waals surface area (Å²) in [7, 11) is 0. The number of nitrogens with one attached hydrogen (secondary N) is 1. The summed E-state index contributed by atoms with van der Waals surface area (Å²) in [6.07, 6.45) is 5.51. The summed E-state index contributed by atoms with van der Waals surface area (Å²) in [6, 6.07) is 7.65. The number of ether oxygens (including phenoxy) is 2. The fraction of sp³-hybridized carbons (Fsp3) is 0.632. The molecule has 1 amide bonds. The number of hydrogen-bond acceptors (Lipinski definition) is 4. The molecule has 24 heavy (non-hydrogen) atoms. The van der Waals surface area contributed by atoms with Crippen LogP contribution in [-0.2, 0) is 4.79 Å². The van der Waals surface area contributed by atoms with Crippen LogP contribution in [0.3, 0.4) is 0 Å². The minimum Gasteiger partial charge on any atom is -0.494 e. The molecule has 3 N–H and O–H groups in total. The first-order valence-corrected chi connectivity index (χ1v) is 9.03. The second-order valence-electron chi connectivity index (χ2n) is 6.62. The third kappa shape index (κ3) is 6.04. The second-order valence-corrected chi connectivity index (χ2v) is 6.62. The third-order valence-corrected chi connectivity index (χ3v) is 4.14. The van der Waals surface area contributed by atoms with E-state index in [1.807, 2.05) is 31.2 Å². The third-order valence-electron chi connectivity index (χ3n) is 4.14. The smallest absolute Gasteiger partial charge is 0.221 e. The average molecular weight is 334 g/mol. The summed E-state index contributed by atoms with van der Waals surface area (Å²) in [5.74, 6) is 1.68. The van der Waals surface area contributed by atoms with Gasteiger partial charge < -0.3 is 20.5 Å². The van der Waals surface area contributed by atoms with Gasteiger partial charge in [-0.1, -0.05) is 13.3 Å². The quantitative estimate of drug-likeness (QED) is 0.766. The molecular weight excluding hydrogens is 304 g/mol. The fourth-order valence-electron chi connectivity index (χ4n) is 2.97. The molecule has 0 radical (unpaired) electrons. The predicted octanol–water partition coefficient (Wildman–Crippen LogP) is 3.02. The van der Waals surface area contributed by atoms with Gasteiger partial charge >= 0.3 is 0 Å². The first-order chi connectivity index (χ1) is 11.6. The Hall–Kier alpha value is -1.75. The number of carbonyl (C=O) groups is 1. The molecule has 1 fully saturated rings. The van der Waals surface area contributed by atoms with Gasteiger partial charge in [0, 0.05) is 12.5 Å². The van der Waals surface area contributed by atoms with E-state index in [-0.39, 0.29) is 24.1 Å². The Morgan fingerprint density at radius 2 is 1.92 bits per heavy atom. The molecule has 2 rings (SSSR count). The van der Waals surface area contributed by atoms with Crippen LogP contribution in [0.2, 0.25) is 0 Å². The van der Waals surface area contributed by atoms with Crippen molar-refractivity contribution in [3.63, 3.8) is 0 Å². The van der Waals surface area contributed by atoms with Gasteiger partial charge in [-0.15, -0.1) is 0 Å². The maximum atomic E-state index is 12.0. The summed E-state index contributed by atoms with van der Waals surface area (Å²) in [5, 5.41) is 3.09.